The molecule has 1 aliphatic rings. The van der Waals surface area contributed by atoms with E-state index in [4.69, 9.17) is 22.1 Å². The van der Waals surface area contributed by atoms with Crippen LogP contribution in [-0.2, 0) is 4.79 Å². The first kappa shape index (κ1) is 14.0. The number of carbonyl (C=O) groups is 1. The molecule has 1 heterocycles. The zero-order chi connectivity index (χ0) is 13.8. The van der Waals surface area contributed by atoms with Crippen LogP contribution in [0.25, 0.3) is 0 Å². The van der Waals surface area contributed by atoms with Gasteiger partial charge in [-0.1, -0.05) is 11.6 Å². The molecule has 0 unspecified atom stereocenters. The molecular formula is C13H18ClN3O2. The number of hydrogen-bond acceptors (Lipinski definition) is 4. The summed E-state index contributed by atoms with van der Waals surface area (Å²) >= 11 is 5.80. The average molecular weight is 284 g/mol. The molecule has 2 N–H and O–H groups in total. The Morgan fingerprint density at radius 2 is 2.05 bits per heavy atom. The van der Waals surface area contributed by atoms with Crippen LogP contribution in [0.5, 0.6) is 5.75 Å². The number of ether oxygens (including phenoxy) is 1. The van der Waals surface area contributed by atoms with Crippen LogP contribution in [0.2, 0.25) is 5.02 Å². The maximum Gasteiger partial charge on any atom is 0.260 e. The third-order valence-corrected chi connectivity index (χ3v) is 3.41. The number of nitrogen functional groups attached to an aromatic ring is 1. The van der Waals surface area contributed by atoms with Gasteiger partial charge in [-0.15, -0.1) is 0 Å². The zero-order valence-corrected chi connectivity index (χ0v) is 11.7. The van der Waals surface area contributed by atoms with Gasteiger partial charge in [0.05, 0.1) is 5.69 Å². The summed E-state index contributed by atoms with van der Waals surface area (Å²) in [6.45, 7) is 3.29. The van der Waals surface area contributed by atoms with Crippen LogP contribution in [0.4, 0.5) is 5.69 Å². The van der Waals surface area contributed by atoms with Gasteiger partial charge >= 0.3 is 0 Å². The van der Waals surface area contributed by atoms with E-state index in [9.17, 15) is 4.79 Å². The van der Waals surface area contributed by atoms with E-state index in [0.717, 1.165) is 26.2 Å². The van der Waals surface area contributed by atoms with Crippen LogP contribution >= 0.6 is 11.6 Å². The van der Waals surface area contributed by atoms with Gasteiger partial charge in [0.1, 0.15) is 5.75 Å². The van der Waals surface area contributed by atoms with E-state index in [2.05, 4.69) is 4.90 Å². The van der Waals surface area contributed by atoms with Crippen LogP contribution in [-0.4, -0.2) is 55.5 Å². The van der Waals surface area contributed by atoms with Crippen molar-refractivity contribution in [1.29, 1.82) is 0 Å². The molecule has 5 nitrogen and oxygen atoms in total. The number of likely N-dealkylation sites (N-methyl/N-ethyl adjacent to an activating group) is 1. The van der Waals surface area contributed by atoms with Gasteiger partial charge in [-0.05, 0) is 25.2 Å². The lowest BCUT2D eigenvalue weighted by atomic mass is 10.3. The van der Waals surface area contributed by atoms with Crippen LogP contribution in [0, 0.1) is 0 Å². The summed E-state index contributed by atoms with van der Waals surface area (Å²) in [5, 5.41) is 0.551. The van der Waals surface area contributed by atoms with E-state index in [1.54, 1.807) is 18.2 Å². The van der Waals surface area contributed by atoms with Gasteiger partial charge in [-0.2, -0.15) is 0 Å². The highest BCUT2D eigenvalue weighted by atomic mass is 35.5. The predicted molar refractivity (Wildman–Crippen MR) is 75.4 cm³/mol. The average Bonchev–Trinajstić information content (AvgIpc) is 2.38. The number of hydrogen-bond donors (Lipinski definition) is 1. The Labute approximate surface area is 117 Å². The molecule has 19 heavy (non-hydrogen) atoms. The Bertz CT molecular complexity index is 459. The number of halogens is 1. The molecule has 1 aromatic rings. The summed E-state index contributed by atoms with van der Waals surface area (Å²) in [5.74, 6) is 0.481. The second kappa shape index (κ2) is 6.12. The van der Waals surface area contributed by atoms with Crippen molar-refractivity contribution in [1.82, 2.24) is 9.80 Å². The van der Waals surface area contributed by atoms with Gasteiger partial charge in [0, 0.05) is 31.2 Å². The quantitative estimate of drug-likeness (QED) is 0.843. The predicted octanol–water partition coefficient (Wildman–Crippen LogP) is 1.07. The third-order valence-electron chi connectivity index (χ3n) is 3.18. The molecule has 6 heteroatoms. The van der Waals surface area contributed by atoms with Crippen molar-refractivity contribution in [2.75, 3.05) is 45.6 Å². The summed E-state index contributed by atoms with van der Waals surface area (Å²) < 4.78 is 5.45. The summed E-state index contributed by atoms with van der Waals surface area (Å²) in [5.41, 5.74) is 6.21. The van der Waals surface area contributed by atoms with Gasteiger partial charge in [-0.3, -0.25) is 4.79 Å². The lowest BCUT2D eigenvalue weighted by Crippen LogP contribution is -2.48. The summed E-state index contributed by atoms with van der Waals surface area (Å²) in [6, 6.07) is 4.97. The molecule has 1 aromatic carbocycles. The largest absolute Gasteiger partial charge is 0.482 e. The maximum atomic E-state index is 12.0. The molecule has 2 rings (SSSR count). The van der Waals surface area contributed by atoms with E-state index in [0.29, 0.717) is 16.5 Å². The Kier molecular flexibility index (Phi) is 4.50. The molecule has 1 fully saturated rings. The number of nitrogens with zero attached hydrogens (tertiary/aromatic N) is 2. The normalized spacial score (nSPS) is 16.4. The summed E-state index contributed by atoms with van der Waals surface area (Å²) in [4.78, 5) is 16.0. The van der Waals surface area contributed by atoms with Gasteiger partial charge in [0.15, 0.2) is 6.61 Å². The second-order valence-corrected chi connectivity index (χ2v) is 5.09. The molecule has 0 atom stereocenters. The first-order valence-corrected chi connectivity index (χ1v) is 6.58. The minimum absolute atomic E-state index is 0.00947. The van der Waals surface area contributed by atoms with Crippen molar-refractivity contribution < 1.29 is 9.53 Å². The van der Waals surface area contributed by atoms with Crippen molar-refractivity contribution in [3.8, 4) is 5.75 Å². The molecule has 0 spiro atoms. The van der Waals surface area contributed by atoms with Crippen LogP contribution < -0.4 is 10.5 Å². The topological polar surface area (TPSA) is 58.8 Å². The number of benzene rings is 1. The Hall–Kier alpha value is -1.46. The smallest absolute Gasteiger partial charge is 0.260 e. The Morgan fingerprint density at radius 3 is 2.68 bits per heavy atom. The molecule has 0 saturated carbocycles. The highest BCUT2D eigenvalue weighted by Crippen LogP contribution is 2.24. The fourth-order valence-electron chi connectivity index (χ4n) is 1.94. The van der Waals surface area contributed by atoms with E-state index < -0.39 is 0 Å². The molecule has 0 bridgehead atoms. The number of carbonyl (C=O) groups excluding carboxylic acids is 1. The first-order valence-electron chi connectivity index (χ1n) is 6.20. The SMILES string of the molecule is CN1CCN(C(=O)COc2ccc(Cl)cc2N)CC1. The minimum Gasteiger partial charge on any atom is -0.482 e. The van der Waals surface area contributed by atoms with Crippen molar-refractivity contribution in [3.05, 3.63) is 23.2 Å². The third kappa shape index (κ3) is 3.75. The van der Waals surface area contributed by atoms with Gasteiger partial charge in [0.25, 0.3) is 5.91 Å². The molecule has 0 aromatic heterocycles. The molecule has 0 aliphatic carbocycles. The molecule has 0 radical (unpaired) electrons. The molecule has 1 saturated heterocycles. The highest BCUT2D eigenvalue weighted by Gasteiger charge is 2.19. The Balaban J connectivity index is 1.86. The van der Waals surface area contributed by atoms with Gasteiger partial charge in [0.2, 0.25) is 0 Å². The summed E-state index contributed by atoms with van der Waals surface area (Å²) in [7, 11) is 2.05. The maximum absolute atomic E-state index is 12.0. The monoisotopic (exact) mass is 283 g/mol. The highest BCUT2D eigenvalue weighted by molar-refractivity contribution is 6.30. The minimum atomic E-state index is -0.0116. The zero-order valence-electron chi connectivity index (χ0n) is 10.9. The number of nitrogens with two attached hydrogens (primary N) is 1. The molecule has 104 valence electrons. The fraction of sp³-hybridized carbons (Fsp3) is 0.462. The van der Waals surface area contributed by atoms with Crippen LogP contribution in [0.1, 0.15) is 0 Å². The van der Waals surface area contributed by atoms with Crippen molar-refractivity contribution in [2.45, 2.75) is 0 Å². The molecule has 1 amide bonds. The fourth-order valence-corrected chi connectivity index (χ4v) is 2.12. The van der Waals surface area contributed by atoms with Crippen molar-refractivity contribution in [3.63, 3.8) is 0 Å². The van der Waals surface area contributed by atoms with E-state index in [1.807, 2.05) is 11.9 Å². The Morgan fingerprint density at radius 1 is 1.37 bits per heavy atom. The number of rotatable bonds is 3. The second-order valence-electron chi connectivity index (χ2n) is 4.65. The van der Waals surface area contributed by atoms with E-state index >= 15 is 0 Å². The summed E-state index contributed by atoms with van der Waals surface area (Å²) in [6.07, 6.45) is 0. The lowest BCUT2D eigenvalue weighted by Gasteiger charge is -2.32. The van der Waals surface area contributed by atoms with E-state index in [-0.39, 0.29) is 12.5 Å². The van der Waals surface area contributed by atoms with Gasteiger partial charge in [-0.25, -0.2) is 0 Å². The molecule has 1 aliphatic heterocycles. The standard InChI is InChI=1S/C13H18ClN3O2/c1-16-4-6-17(7-5-16)13(18)9-19-12-3-2-10(14)8-11(12)15/h2-3,8H,4-7,9,15H2,1H3. The van der Waals surface area contributed by atoms with Crippen molar-refractivity contribution in [2.24, 2.45) is 0 Å². The van der Waals surface area contributed by atoms with Gasteiger partial charge < -0.3 is 20.3 Å². The number of piperazine rings is 1. The lowest BCUT2D eigenvalue weighted by molar-refractivity contribution is -0.134. The van der Waals surface area contributed by atoms with Crippen molar-refractivity contribution >= 4 is 23.2 Å². The van der Waals surface area contributed by atoms with Crippen LogP contribution in [0.3, 0.4) is 0 Å². The number of anilines is 1. The molecular weight excluding hydrogens is 266 g/mol. The number of amides is 1. The van der Waals surface area contributed by atoms with Crippen LogP contribution in [0.15, 0.2) is 18.2 Å². The van der Waals surface area contributed by atoms with E-state index in [1.165, 1.54) is 0 Å². The first-order chi connectivity index (χ1) is 9.06.